The summed E-state index contributed by atoms with van der Waals surface area (Å²) in [6.45, 7) is 5.06. The zero-order valence-corrected chi connectivity index (χ0v) is 29.5. The van der Waals surface area contributed by atoms with Gasteiger partial charge in [-0.1, -0.05) is 35.9 Å². The molecule has 0 bridgehead atoms. The van der Waals surface area contributed by atoms with Crippen LogP contribution in [0, 0.1) is 12.7 Å². The lowest BCUT2D eigenvalue weighted by molar-refractivity contribution is 0.0290. The Bertz CT molecular complexity index is 2200. The fourth-order valence-corrected chi connectivity index (χ4v) is 7.19. The van der Waals surface area contributed by atoms with Crippen LogP contribution < -0.4 is 10.1 Å². The largest absolute Gasteiger partial charge is 0.496 e. The molecule has 0 unspecified atom stereocenters. The molecule has 1 aliphatic heterocycles. The number of carbonyl (C=O) groups is 2. The highest BCUT2D eigenvalue weighted by Crippen LogP contribution is 2.39. The molecule has 2 amide bonds. The lowest BCUT2D eigenvalue weighted by Crippen LogP contribution is -2.38. The maximum absolute atomic E-state index is 15.9. The molecule has 5 aromatic rings. The first kappa shape index (κ1) is 35.5. The molecule has 14 heteroatoms. The van der Waals surface area contributed by atoms with Crippen molar-refractivity contribution in [2.45, 2.75) is 11.8 Å². The Kier molecular flexibility index (Phi) is 10.4. The average Bonchev–Trinajstić information content (AvgIpc) is 3.52. The van der Waals surface area contributed by atoms with Crippen LogP contribution >= 0.6 is 0 Å². The quantitative estimate of drug-likeness (QED) is 0.195. The number of nitrogens with zero attached hydrogens (tertiary/aromatic N) is 4. The number of aromatic nitrogens is 2. The Balaban J connectivity index is 1.41. The highest BCUT2D eigenvalue weighted by Gasteiger charge is 2.26. The summed E-state index contributed by atoms with van der Waals surface area (Å²) in [4.78, 5) is 34.1. The van der Waals surface area contributed by atoms with Gasteiger partial charge >= 0.3 is 6.09 Å². The van der Waals surface area contributed by atoms with Crippen molar-refractivity contribution in [3.8, 4) is 28.0 Å². The Morgan fingerprint density at radius 1 is 1.00 bits per heavy atom. The molecule has 12 nitrogen and oxygen atoms in total. The molecule has 3 heterocycles. The molecule has 0 saturated carbocycles. The molecule has 1 fully saturated rings. The molecule has 6 rings (SSSR count). The SMILES string of the molecule is COc1ccccc1-c1cn(S(=O)(=O)c2ccc(C)cc2)c2ncc(-c3cc(F)c(NC(=O)OCCN4CCOCC4)c(C(=O)N(C)C)c3)cc12. The first-order valence-corrected chi connectivity index (χ1v) is 17.7. The number of halogens is 1. The number of nitrogens with one attached hydrogen (secondary N) is 1. The van der Waals surface area contributed by atoms with Crippen molar-refractivity contribution in [2.24, 2.45) is 0 Å². The second kappa shape index (κ2) is 14.9. The molecule has 0 radical (unpaired) electrons. The number of hydrogen-bond donors (Lipinski definition) is 1. The lowest BCUT2D eigenvalue weighted by Gasteiger charge is -2.26. The molecule has 0 atom stereocenters. The minimum atomic E-state index is -4.09. The number of morpholine rings is 1. The number of benzene rings is 3. The van der Waals surface area contributed by atoms with Crippen LogP contribution in [0.5, 0.6) is 5.75 Å². The van der Waals surface area contributed by atoms with Gasteiger partial charge < -0.3 is 19.1 Å². The highest BCUT2D eigenvalue weighted by atomic mass is 32.2. The molecular weight excluding hydrogens is 678 g/mol. The molecule has 0 spiro atoms. The van der Waals surface area contributed by atoms with E-state index in [0.717, 1.165) is 22.6 Å². The van der Waals surface area contributed by atoms with E-state index in [9.17, 15) is 18.0 Å². The first-order valence-electron chi connectivity index (χ1n) is 16.2. The summed E-state index contributed by atoms with van der Waals surface area (Å²) in [5, 5.41) is 2.86. The van der Waals surface area contributed by atoms with Gasteiger partial charge in [0.25, 0.3) is 15.9 Å². The van der Waals surface area contributed by atoms with Gasteiger partial charge in [0.05, 0.1) is 36.5 Å². The van der Waals surface area contributed by atoms with E-state index in [1.807, 2.05) is 6.92 Å². The number of fused-ring (bicyclic) bond motifs is 1. The van der Waals surface area contributed by atoms with Gasteiger partial charge in [0.1, 0.15) is 18.2 Å². The Morgan fingerprint density at radius 2 is 1.73 bits per heavy atom. The van der Waals surface area contributed by atoms with Gasteiger partial charge in [0.2, 0.25) is 0 Å². The predicted octanol–water partition coefficient (Wildman–Crippen LogP) is 5.65. The molecule has 266 valence electrons. The molecule has 51 heavy (non-hydrogen) atoms. The summed E-state index contributed by atoms with van der Waals surface area (Å²) in [7, 11) is 0.463. The molecule has 1 saturated heterocycles. The number of carbonyl (C=O) groups excluding carboxylic acids is 2. The van der Waals surface area contributed by atoms with Crippen LogP contribution in [0.25, 0.3) is 33.3 Å². The number of pyridine rings is 1. The maximum atomic E-state index is 15.9. The van der Waals surface area contributed by atoms with Crippen LogP contribution in [0.15, 0.2) is 84.0 Å². The van der Waals surface area contributed by atoms with Crippen LogP contribution in [0.3, 0.4) is 0 Å². The van der Waals surface area contributed by atoms with E-state index in [1.54, 1.807) is 42.5 Å². The van der Waals surface area contributed by atoms with Crippen molar-refractivity contribution in [1.82, 2.24) is 18.8 Å². The molecule has 1 N–H and O–H groups in total. The number of aryl methyl sites for hydroxylation is 1. The van der Waals surface area contributed by atoms with Crippen molar-refractivity contribution in [1.29, 1.82) is 0 Å². The highest BCUT2D eigenvalue weighted by molar-refractivity contribution is 7.90. The van der Waals surface area contributed by atoms with Gasteiger partial charge in [0, 0.05) is 68.2 Å². The van der Waals surface area contributed by atoms with Gasteiger partial charge in [-0.2, -0.15) is 0 Å². The van der Waals surface area contributed by atoms with E-state index >= 15 is 4.39 Å². The summed E-state index contributed by atoms with van der Waals surface area (Å²) < 4.78 is 61.2. The van der Waals surface area contributed by atoms with Crippen LogP contribution in [0.1, 0.15) is 15.9 Å². The summed E-state index contributed by atoms with van der Waals surface area (Å²) in [6.07, 6.45) is 2.01. The molecule has 0 aliphatic carbocycles. The Hall–Kier alpha value is -5.31. The third kappa shape index (κ3) is 7.43. The predicted molar refractivity (Wildman–Crippen MR) is 191 cm³/mol. The summed E-state index contributed by atoms with van der Waals surface area (Å²) in [5.74, 6) is -0.919. The van der Waals surface area contributed by atoms with Crippen LogP contribution in [0.2, 0.25) is 0 Å². The first-order chi connectivity index (χ1) is 24.5. The summed E-state index contributed by atoms with van der Waals surface area (Å²) in [6, 6.07) is 18.0. The van der Waals surface area contributed by atoms with Gasteiger partial charge in [-0.15, -0.1) is 0 Å². The number of hydrogen-bond acceptors (Lipinski definition) is 9. The average molecular weight is 716 g/mol. The van der Waals surface area contributed by atoms with E-state index in [0.29, 0.717) is 47.6 Å². The fraction of sp³-hybridized carbons (Fsp3) is 0.270. The second-order valence-corrected chi connectivity index (χ2v) is 14.1. The minimum absolute atomic E-state index is 0.0714. The monoisotopic (exact) mass is 715 g/mol. The minimum Gasteiger partial charge on any atom is -0.496 e. The number of ether oxygens (including phenoxy) is 3. The number of amides is 2. The lowest BCUT2D eigenvalue weighted by atomic mass is 9.99. The third-order valence-electron chi connectivity index (χ3n) is 8.62. The number of rotatable bonds is 10. The van der Waals surface area contributed by atoms with E-state index < -0.39 is 27.8 Å². The molecule has 3 aromatic carbocycles. The molecule has 2 aromatic heterocycles. The van der Waals surface area contributed by atoms with E-state index in [2.05, 4.69) is 15.2 Å². The topological polar surface area (TPSA) is 132 Å². The molecular formula is C37H38FN5O7S. The van der Waals surface area contributed by atoms with Crippen LogP contribution in [0.4, 0.5) is 14.9 Å². The standard InChI is InChI=1S/C37H38FN5O7S/c1-24-9-11-27(12-10-24)51(46,47)43-23-31(28-7-5-6-8-33(28)48-4)29-20-26(22-39-35(29)43)25-19-30(36(44)41(2)3)34(32(38)21-25)40-37(45)50-18-15-42-13-16-49-17-14-42/h5-12,19-23H,13-18H2,1-4H3,(H,40,45). The molecule has 1 aliphatic rings. The number of para-hydroxylation sites is 1. The van der Waals surface area contributed by atoms with Gasteiger partial charge in [-0.25, -0.2) is 26.6 Å². The zero-order chi connectivity index (χ0) is 36.3. The Morgan fingerprint density at radius 3 is 2.43 bits per heavy atom. The van der Waals surface area contributed by atoms with Crippen molar-refractivity contribution >= 4 is 38.7 Å². The Labute approximate surface area is 295 Å². The van der Waals surface area contributed by atoms with Crippen LogP contribution in [-0.4, -0.2) is 99.8 Å². The second-order valence-electron chi connectivity index (χ2n) is 12.2. The number of methoxy groups -OCH3 is 1. The smallest absolute Gasteiger partial charge is 0.411 e. The maximum Gasteiger partial charge on any atom is 0.411 e. The van der Waals surface area contributed by atoms with Crippen molar-refractivity contribution in [2.75, 3.05) is 66.0 Å². The third-order valence-corrected chi connectivity index (χ3v) is 10.3. The van der Waals surface area contributed by atoms with E-state index in [-0.39, 0.29) is 34.0 Å². The van der Waals surface area contributed by atoms with Crippen LogP contribution in [-0.2, 0) is 19.5 Å². The van der Waals surface area contributed by atoms with Crippen molar-refractivity contribution in [3.63, 3.8) is 0 Å². The fourth-order valence-electron chi connectivity index (χ4n) is 5.87. The van der Waals surface area contributed by atoms with Gasteiger partial charge in [-0.05, 0) is 48.9 Å². The van der Waals surface area contributed by atoms with Crippen molar-refractivity contribution in [3.05, 3.63) is 96.1 Å². The zero-order valence-electron chi connectivity index (χ0n) is 28.7. The van der Waals surface area contributed by atoms with Gasteiger partial charge in [-0.3, -0.25) is 15.0 Å². The van der Waals surface area contributed by atoms with E-state index in [4.69, 9.17) is 14.2 Å². The number of anilines is 1. The van der Waals surface area contributed by atoms with Crippen molar-refractivity contribution < 1.29 is 36.6 Å². The van der Waals surface area contributed by atoms with Gasteiger partial charge in [0.15, 0.2) is 5.65 Å². The normalized spacial score (nSPS) is 13.6. The van der Waals surface area contributed by atoms with E-state index in [1.165, 1.54) is 62.8 Å². The summed E-state index contributed by atoms with van der Waals surface area (Å²) >= 11 is 0. The summed E-state index contributed by atoms with van der Waals surface area (Å²) in [5.41, 5.74) is 2.42.